The minimum Gasteiger partial charge on any atom is -0.481 e. The minimum atomic E-state index is -1.20. The summed E-state index contributed by atoms with van der Waals surface area (Å²) in [4.78, 5) is 66.5. The van der Waals surface area contributed by atoms with Crippen LogP contribution in [-0.4, -0.2) is 50.4 Å². The number of aliphatic carboxylic acids is 2. The average molecular weight is 470 g/mol. The van der Waals surface area contributed by atoms with Gasteiger partial charge in [0.25, 0.3) is 5.56 Å². The summed E-state index contributed by atoms with van der Waals surface area (Å²) in [6, 6.07) is 6.55. The number of aromatic amines is 1. The Hall–Kier alpha value is -4.02. The average Bonchev–Trinajstić information content (AvgIpc) is 2.79. The maximum absolute atomic E-state index is 12.5. The van der Waals surface area contributed by atoms with Gasteiger partial charge in [-0.2, -0.15) is 0 Å². The van der Waals surface area contributed by atoms with Crippen LogP contribution in [0.5, 0.6) is 0 Å². The molecule has 11 nitrogen and oxygen atoms in total. The highest BCUT2D eigenvalue weighted by Crippen LogP contribution is 2.28. The van der Waals surface area contributed by atoms with Gasteiger partial charge in [0.15, 0.2) is 5.78 Å². The van der Waals surface area contributed by atoms with Crippen molar-refractivity contribution in [2.24, 2.45) is 5.92 Å². The normalized spacial score (nSPS) is 15.9. The Morgan fingerprint density at radius 3 is 2.56 bits per heavy atom. The fourth-order valence-electron chi connectivity index (χ4n) is 4.16. The van der Waals surface area contributed by atoms with Gasteiger partial charge in [0.2, 0.25) is 12.4 Å². The first-order chi connectivity index (χ1) is 16.2. The Morgan fingerprint density at radius 2 is 1.94 bits per heavy atom. The number of hydrogen-bond acceptors (Lipinski definition) is 7. The quantitative estimate of drug-likeness (QED) is 0.278. The van der Waals surface area contributed by atoms with Gasteiger partial charge < -0.3 is 20.8 Å². The van der Waals surface area contributed by atoms with Gasteiger partial charge in [-0.25, -0.2) is 4.98 Å². The molecule has 1 aliphatic heterocycles. The van der Waals surface area contributed by atoms with E-state index in [1.165, 1.54) is 4.90 Å². The molecule has 11 heteroatoms. The molecule has 0 aliphatic carbocycles. The van der Waals surface area contributed by atoms with Gasteiger partial charge in [0.1, 0.15) is 5.69 Å². The number of carbonyl (C=O) groups is 4. The Morgan fingerprint density at radius 1 is 1.24 bits per heavy atom. The van der Waals surface area contributed by atoms with Gasteiger partial charge in [-0.3, -0.25) is 29.0 Å². The lowest BCUT2D eigenvalue weighted by atomic mass is 9.92. The van der Waals surface area contributed by atoms with Crippen LogP contribution in [0, 0.1) is 5.92 Å². The van der Waals surface area contributed by atoms with Gasteiger partial charge in [-0.15, -0.1) is 0 Å². The number of Topliss-reactive ketones (excluding diaryl/α,β-unsaturated/α-hetero) is 1. The molecule has 1 aliphatic rings. The number of anilines is 2. The Bertz CT molecular complexity index is 1140. The zero-order valence-electron chi connectivity index (χ0n) is 18.4. The van der Waals surface area contributed by atoms with Crippen LogP contribution in [0.3, 0.4) is 0 Å². The summed E-state index contributed by atoms with van der Waals surface area (Å²) in [7, 11) is 0. The van der Waals surface area contributed by atoms with Crippen LogP contribution in [0.4, 0.5) is 11.6 Å². The molecule has 0 bridgehead atoms. The Labute approximate surface area is 194 Å². The van der Waals surface area contributed by atoms with Crippen molar-refractivity contribution in [3.63, 3.8) is 0 Å². The number of ketones is 1. The van der Waals surface area contributed by atoms with Crippen molar-refractivity contribution >= 4 is 35.8 Å². The number of aromatic nitrogens is 2. The van der Waals surface area contributed by atoms with Crippen LogP contribution in [0.25, 0.3) is 0 Å². The first-order valence-electron chi connectivity index (χ1n) is 10.9. The fraction of sp³-hybridized carbons (Fsp3) is 0.391. The van der Waals surface area contributed by atoms with E-state index in [4.69, 9.17) is 10.8 Å². The summed E-state index contributed by atoms with van der Waals surface area (Å²) >= 11 is 0. The van der Waals surface area contributed by atoms with Crippen molar-refractivity contribution in [1.29, 1.82) is 0 Å². The molecule has 180 valence electrons. The number of carboxylic acid groups (broad SMARTS) is 2. The lowest BCUT2D eigenvalue weighted by molar-refractivity contribution is -0.142. The number of hydrogen-bond donors (Lipinski definition) is 4. The number of aryl methyl sites for hydroxylation is 2. The largest absolute Gasteiger partial charge is 0.481 e. The lowest BCUT2D eigenvalue weighted by Gasteiger charge is -2.33. The molecule has 0 radical (unpaired) electrons. The zero-order chi connectivity index (χ0) is 24.8. The van der Waals surface area contributed by atoms with E-state index in [2.05, 4.69) is 9.97 Å². The number of amides is 1. The van der Waals surface area contributed by atoms with E-state index in [1.54, 1.807) is 24.3 Å². The number of carboxylic acids is 2. The monoisotopic (exact) mass is 470 g/mol. The predicted octanol–water partition coefficient (Wildman–Crippen LogP) is 1.40. The van der Waals surface area contributed by atoms with Crippen LogP contribution < -0.4 is 16.2 Å². The molecular weight excluding hydrogens is 444 g/mol. The van der Waals surface area contributed by atoms with Crippen molar-refractivity contribution < 1.29 is 29.4 Å². The molecule has 0 fully saturated rings. The molecule has 2 heterocycles. The van der Waals surface area contributed by atoms with Gasteiger partial charge >= 0.3 is 11.9 Å². The predicted molar refractivity (Wildman–Crippen MR) is 122 cm³/mol. The van der Waals surface area contributed by atoms with Crippen molar-refractivity contribution in [2.75, 3.05) is 10.6 Å². The SMILES string of the molecule is Nc1nc2c(c(=O)[nH]1)N(C=O)[C@@H](CCc1ccc(C(=O)C[C@@H](CCC(=O)O)C(=O)O)cc1)CC2. The molecule has 0 spiro atoms. The highest BCUT2D eigenvalue weighted by atomic mass is 16.4. The number of nitrogens with two attached hydrogens (primary N) is 1. The molecule has 2 atom stereocenters. The van der Waals surface area contributed by atoms with Crippen molar-refractivity contribution in [3.8, 4) is 0 Å². The molecule has 0 saturated heterocycles. The highest BCUT2D eigenvalue weighted by Gasteiger charge is 2.29. The molecule has 1 aromatic heterocycles. The molecule has 2 aromatic rings. The van der Waals surface area contributed by atoms with Crippen LogP contribution in [0.2, 0.25) is 0 Å². The Kier molecular flexibility index (Phi) is 7.77. The standard InChI is InChI=1S/C23H26N4O7/c24-23-25-17-9-8-16(27(12-28)20(17)21(32)26-23)7-3-13-1-4-14(5-2-13)18(29)11-15(22(33)34)6-10-19(30)31/h1-2,4-5,12,15-16H,3,6-11H2,(H,30,31)(H,33,34)(H3,24,25,26,32)/t15-,16+/m1/s1. The third kappa shape index (κ3) is 5.85. The summed E-state index contributed by atoms with van der Waals surface area (Å²) in [5.74, 6) is -3.72. The summed E-state index contributed by atoms with van der Waals surface area (Å²) in [6.45, 7) is 0. The van der Waals surface area contributed by atoms with Crippen molar-refractivity contribution in [3.05, 3.63) is 51.4 Å². The second-order valence-corrected chi connectivity index (χ2v) is 8.28. The van der Waals surface area contributed by atoms with E-state index >= 15 is 0 Å². The van der Waals surface area contributed by atoms with Crippen LogP contribution in [0.1, 0.15) is 53.7 Å². The van der Waals surface area contributed by atoms with E-state index in [0.29, 0.717) is 43.4 Å². The number of carbonyl (C=O) groups excluding carboxylic acids is 2. The van der Waals surface area contributed by atoms with Gasteiger partial charge in [-0.05, 0) is 37.7 Å². The van der Waals surface area contributed by atoms with E-state index < -0.39 is 23.4 Å². The third-order valence-electron chi connectivity index (χ3n) is 5.99. The summed E-state index contributed by atoms with van der Waals surface area (Å²) < 4.78 is 0. The van der Waals surface area contributed by atoms with E-state index in [1.807, 2.05) is 0 Å². The second-order valence-electron chi connectivity index (χ2n) is 8.28. The van der Waals surface area contributed by atoms with Crippen molar-refractivity contribution in [2.45, 2.75) is 51.0 Å². The van der Waals surface area contributed by atoms with E-state index in [0.717, 1.165) is 5.56 Å². The summed E-state index contributed by atoms with van der Waals surface area (Å²) in [6.07, 6.45) is 2.26. The fourth-order valence-corrected chi connectivity index (χ4v) is 4.16. The molecule has 0 saturated carbocycles. The smallest absolute Gasteiger partial charge is 0.306 e. The molecule has 0 unspecified atom stereocenters. The van der Waals surface area contributed by atoms with E-state index in [9.17, 15) is 29.1 Å². The zero-order valence-corrected chi connectivity index (χ0v) is 18.4. The topological polar surface area (TPSA) is 184 Å². The van der Waals surface area contributed by atoms with Gasteiger partial charge in [0.05, 0.1) is 11.6 Å². The second kappa shape index (κ2) is 10.7. The van der Waals surface area contributed by atoms with Gasteiger partial charge in [-0.1, -0.05) is 24.3 Å². The lowest BCUT2D eigenvalue weighted by Crippen LogP contribution is -2.42. The number of benzene rings is 1. The summed E-state index contributed by atoms with van der Waals surface area (Å²) in [5.41, 5.74) is 7.12. The van der Waals surface area contributed by atoms with Crippen LogP contribution in [0.15, 0.2) is 29.1 Å². The number of fused-ring (bicyclic) bond motifs is 1. The van der Waals surface area contributed by atoms with Crippen LogP contribution in [-0.2, 0) is 27.2 Å². The number of nitrogens with one attached hydrogen (secondary N) is 1. The molecular formula is C23H26N4O7. The third-order valence-corrected chi connectivity index (χ3v) is 5.99. The molecule has 3 rings (SSSR count). The number of nitrogen functional groups attached to an aromatic ring is 1. The maximum Gasteiger partial charge on any atom is 0.306 e. The molecule has 1 amide bonds. The Balaban J connectivity index is 1.62. The first-order valence-corrected chi connectivity index (χ1v) is 10.9. The molecule has 5 N–H and O–H groups in total. The maximum atomic E-state index is 12.5. The highest BCUT2D eigenvalue weighted by molar-refractivity contribution is 5.98. The van der Waals surface area contributed by atoms with Crippen molar-refractivity contribution in [1.82, 2.24) is 9.97 Å². The number of rotatable bonds is 11. The minimum absolute atomic E-state index is 0.0132. The first kappa shape index (κ1) is 24.6. The number of nitrogens with zero attached hydrogens (tertiary/aromatic N) is 2. The van der Waals surface area contributed by atoms with Gasteiger partial charge in [0, 0.05) is 24.4 Å². The number of H-pyrrole nitrogens is 1. The summed E-state index contributed by atoms with van der Waals surface area (Å²) in [5, 5.41) is 18.0. The van der Waals surface area contributed by atoms with E-state index in [-0.39, 0.29) is 42.7 Å². The van der Waals surface area contributed by atoms with Crippen LogP contribution >= 0.6 is 0 Å². The molecule has 1 aromatic carbocycles. The molecule has 34 heavy (non-hydrogen) atoms.